The lowest BCUT2D eigenvalue weighted by Crippen LogP contribution is -2.47. The van der Waals surface area contributed by atoms with E-state index in [4.69, 9.17) is 5.11 Å². The van der Waals surface area contributed by atoms with Gasteiger partial charge in [0, 0.05) is 45.8 Å². The molecule has 2 saturated heterocycles. The smallest absolute Gasteiger partial charge is 0.356 e. The first-order valence-corrected chi connectivity index (χ1v) is 8.34. The summed E-state index contributed by atoms with van der Waals surface area (Å²) in [6.45, 7) is 7.84. The zero-order valence-corrected chi connectivity index (χ0v) is 13.7. The molecule has 0 atom stereocenters. The van der Waals surface area contributed by atoms with E-state index in [9.17, 15) is 4.79 Å². The van der Waals surface area contributed by atoms with Gasteiger partial charge in [-0.15, -0.1) is 10.2 Å². The summed E-state index contributed by atoms with van der Waals surface area (Å²) in [5.74, 6) is 0.504. The first kappa shape index (κ1) is 16.1. The predicted molar refractivity (Wildman–Crippen MR) is 87.9 cm³/mol. The van der Waals surface area contributed by atoms with Crippen LogP contribution in [0.15, 0.2) is 12.1 Å². The fourth-order valence-electron chi connectivity index (χ4n) is 3.35. The van der Waals surface area contributed by atoms with Crippen molar-refractivity contribution in [2.24, 2.45) is 5.92 Å². The van der Waals surface area contributed by atoms with Gasteiger partial charge in [0.1, 0.15) is 0 Å². The van der Waals surface area contributed by atoms with Crippen molar-refractivity contribution >= 4 is 11.8 Å². The van der Waals surface area contributed by atoms with Gasteiger partial charge in [-0.2, -0.15) is 0 Å². The Hall–Kier alpha value is -1.73. The number of hydrogen-bond acceptors (Lipinski definition) is 6. The number of nitrogens with zero attached hydrogens (tertiary/aromatic N) is 5. The number of aromatic nitrogens is 2. The third-order valence-corrected chi connectivity index (χ3v) is 4.92. The van der Waals surface area contributed by atoms with Crippen LogP contribution in [-0.4, -0.2) is 83.9 Å². The summed E-state index contributed by atoms with van der Waals surface area (Å²) in [5.41, 5.74) is -0.00120. The Bertz CT molecular complexity index is 520. The molecular formula is C16H25N5O2. The predicted octanol–water partition coefficient (Wildman–Crippen LogP) is 0.639. The van der Waals surface area contributed by atoms with Crippen molar-refractivity contribution in [3.8, 4) is 0 Å². The van der Waals surface area contributed by atoms with Crippen molar-refractivity contribution in [2.45, 2.75) is 12.8 Å². The van der Waals surface area contributed by atoms with Crippen molar-refractivity contribution in [2.75, 3.05) is 57.8 Å². The van der Waals surface area contributed by atoms with Crippen LogP contribution in [0.3, 0.4) is 0 Å². The fraction of sp³-hybridized carbons (Fsp3) is 0.688. The third-order valence-electron chi connectivity index (χ3n) is 4.92. The first-order valence-electron chi connectivity index (χ1n) is 8.34. The number of piperidine rings is 1. The van der Waals surface area contributed by atoms with Crippen molar-refractivity contribution in [1.82, 2.24) is 20.0 Å². The van der Waals surface area contributed by atoms with Crippen LogP contribution < -0.4 is 4.90 Å². The highest BCUT2D eigenvalue weighted by Crippen LogP contribution is 2.22. The number of hydrogen-bond donors (Lipinski definition) is 1. The minimum atomic E-state index is -1.03. The van der Waals surface area contributed by atoms with Crippen LogP contribution in [0, 0.1) is 5.92 Å². The van der Waals surface area contributed by atoms with E-state index in [0.29, 0.717) is 0 Å². The molecule has 1 N–H and O–H groups in total. The molecule has 2 aliphatic heterocycles. The Labute approximate surface area is 136 Å². The lowest BCUT2D eigenvalue weighted by atomic mass is 9.96. The summed E-state index contributed by atoms with van der Waals surface area (Å²) in [6, 6.07) is 3.29. The average molecular weight is 319 g/mol. The third kappa shape index (κ3) is 4.17. The average Bonchev–Trinajstić information content (AvgIpc) is 2.58. The van der Waals surface area contributed by atoms with Crippen LogP contribution in [0.25, 0.3) is 0 Å². The molecule has 7 nitrogen and oxygen atoms in total. The molecule has 0 spiro atoms. The number of carboxylic acids is 1. The zero-order chi connectivity index (χ0) is 16.2. The SMILES string of the molecule is CN1CCN(CC2CCN(c3ccc(C(=O)O)nn3)CC2)CC1. The van der Waals surface area contributed by atoms with Crippen LogP contribution >= 0.6 is 0 Å². The minimum absolute atomic E-state index is 0.00120. The molecule has 0 saturated carbocycles. The normalized spacial score (nSPS) is 21.5. The zero-order valence-electron chi connectivity index (χ0n) is 13.7. The van der Waals surface area contributed by atoms with Crippen molar-refractivity contribution < 1.29 is 9.90 Å². The first-order chi connectivity index (χ1) is 11.1. The number of carbonyl (C=O) groups is 1. The summed E-state index contributed by atoms with van der Waals surface area (Å²) in [6.07, 6.45) is 2.32. The highest BCUT2D eigenvalue weighted by molar-refractivity contribution is 5.85. The monoisotopic (exact) mass is 319 g/mol. The lowest BCUT2D eigenvalue weighted by molar-refractivity contribution is 0.0689. The van der Waals surface area contributed by atoms with E-state index in [1.165, 1.54) is 38.8 Å². The van der Waals surface area contributed by atoms with Crippen LogP contribution in [0.5, 0.6) is 0 Å². The fourth-order valence-corrected chi connectivity index (χ4v) is 3.35. The number of aromatic carboxylic acids is 1. The summed E-state index contributed by atoms with van der Waals surface area (Å²) < 4.78 is 0. The maximum atomic E-state index is 10.8. The molecule has 3 rings (SSSR count). The number of anilines is 1. The molecule has 2 aliphatic rings. The van der Waals surface area contributed by atoms with E-state index in [2.05, 4.69) is 31.9 Å². The maximum absolute atomic E-state index is 10.8. The van der Waals surface area contributed by atoms with E-state index >= 15 is 0 Å². The summed E-state index contributed by atoms with van der Waals surface area (Å²) in [7, 11) is 2.19. The van der Waals surface area contributed by atoms with Gasteiger partial charge < -0.3 is 19.8 Å². The van der Waals surface area contributed by atoms with Crippen LogP contribution in [0.1, 0.15) is 23.3 Å². The maximum Gasteiger partial charge on any atom is 0.356 e. The molecule has 0 bridgehead atoms. The molecule has 0 aliphatic carbocycles. The molecule has 0 aromatic carbocycles. The lowest BCUT2D eigenvalue weighted by Gasteiger charge is -2.38. The van der Waals surface area contributed by atoms with E-state index in [1.54, 1.807) is 6.07 Å². The largest absolute Gasteiger partial charge is 0.476 e. The number of piperazine rings is 1. The Morgan fingerprint density at radius 1 is 1.13 bits per heavy atom. The standard InChI is InChI=1S/C16H25N5O2/c1-19-8-10-20(11-9-19)12-13-4-6-21(7-5-13)15-3-2-14(16(22)23)17-18-15/h2-3,13H,4-12H2,1H3,(H,22,23). The van der Waals surface area contributed by atoms with E-state index in [-0.39, 0.29) is 5.69 Å². The molecule has 1 aromatic rings. The second-order valence-electron chi connectivity index (χ2n) is 6.62. The second kappa shape index (κ2) is 7.23. The van der Waals surface area contributed by atoms with Gasteiger partial charge in [0.25, 0.3) is 0 Å². The van der Waals surface area contributed by atoms with Gasteiger partial charge in [0.15, 0.2) is 11.5 Å². The number of rotatable bonds is 4. The second-order valence-corrected chi connectivity index (χ2v) is 6.62. The molecule has 23 heavy (non-hydrogen) atoms. The summed E-state index contributed by atoms with van der Waals surface area (Å²) >= 11 is 0. The van der Waals surface area contributed by atoms with Crippen LogP contribution in [0.4, 0.5) is 5.82 Å². The molecule has 7 heteroatoms. The summed E-state index contributed by atoms with van der Waals surface area (Å²) in [4.78, 5) is 18.0. The number of carboxylic acid groups (broad SMARTS) is 1. The molecule has 0 amide bonds. The molecular weight excluding hydrogens is 294 g/mol. The van der Waals surface area contributed by atoms with E-state index < -0.39 is 5.97 Å². The Kier molecular flexibility index (Phi) is 5.07. The molecule has 126 valence electrons. The quantitative estimate of drug-likeness (QED) is 0.873. The van der Waals surface area contributed by atoms with Crippen LogP contribution in [-0.2, 0) is 0 Å². The van der Waals surface area contributed by atoms with Crippen molar-refractivity contribution in [1.29, 1.82) is 0 Å². The van der Waals surface area contributed by atoms with Gasteiger partial charge in [0.05, 0.1) is 0 Å². The molecule has 2 fully saturated rings. The molecule has 3 heterocycles. The number of likely N-dealkylation sites (N-methyl/N-ethyl adjacent to an activating group) is 1. The minimum Gasteiger partial charge on any atom is -0.476 e. The summed E-state index contributed by atoms with van der Waals surface area (Å²) in [5, 5.41) is 16.7. The Morgan fingerprint density at radius 3 is 2.39 bits per heavy atom. The molecule has 0 radical (unpaired) electrons. The van der Waals surface area contributed by atoms with Crippen molar-refractivity contribution in [3.63, 3.8) is 0 Å². The van der Waals surface area contributed by atoms with Gasteiger partial charge in [0.2, 0.25) is 0 Å². The van der Waals surface area contributed by atoms with Gasteiger partial charge in [-0.1, -0.05) is 0 Å². The van der Waals surface area contributed by atoms with Gasteiger partial charge >= 0.3 is 5.97 Å². The van der Waals surface area contributed by atoms with Gasteiger partial charge in [-0.3, -0.25) is 0 Å². The van der Waals surface area contributed by atoms with Gasteiger partial charge in [-0.25, -0.2) is 4.79 Å². The Balaban J connectivity index is 1.47. The van der Waals surface area contributed by atoms with E-state index in [1.807, 2.05) is 0 Å². The highest BCUT2D eigenvalue weighted by atomic mass is 16.4. The Morgan fingerprint density at radius 2 is 1.83 bits per heavy atom. The molecule has 0 unspecified atom stereocenters. The van der Waals surface area contributed by atoms with Gasteiger partial charge in [-0.05, 0) is 37.9 Å². The molecule has 1 aromatic heterocycles. The highest BCUT2D eigenvalue weighted by Gasteiger charge is 2.24. The van der Waals surface area contributed by atoms with Crippen LogP contribution in [0.2, 0.25) is 0 Å². The van der Waals surface area contributed by atoms with Crippen molar-refractivity contribution in [3.05, 3.63) is 17.8 Å². The topological polar surface area (TPSA) is 72.8 Å². The van der Waals surface area contributed by atoms with E-state index in [0.717, 1.165) is 37.7 Å².